The summed E-state index contributed by atoms with van der Waals surface area (Å²) in [5, 5.41) is 12.8. The third-order valence-corrected chi connectivity index (χ3v) is 6.15. The number of nitrogens with zero attached hydrogens (tertiary/aromatic N) is 7. The maximum Gasteiger partial charge on any atom is 0.346 e. The first-order valence-corrected chi connectivity index (χ1v) is 10.6. The molecule has 4 rings (SSSR count). The van der Waals surface area contributed by atoms with E-state index in [0.717, 1.165) is 28.3 Å². The zero-order valence-corrected chi connectivity index (χ0v) is 18.8. The normalized spacial score (nSPS) is 16.2. The Kier molecular flexibility index (Phi) is 5.55. The van der Waals surface area contributed by atoms with E-state index in [1.807, 2.05) is 41.1 Å². The molecule has 0 radical (unpaired) electrons. The molecule has 1 aliphatic heterocycles. The van der Waals surface area contributed by atoms with Crippen LogP contribution in [-0.4, -0.2) is 47.1 Å². The molecular weight excluding hydrogens is 398 g/mol. The van der Waals surface area contributed by atoms with Gasteiger partial charge in [-0.1, -0.05) is 5.16 Å². The summed E-state index contributed by atoms with van der Waals surface area (Å²) in [4.78, 5) is 27.7. The summed E-state index contributed by atoms with van der Waals surface area (Å²) in [6.45, 7) is 7.01. The molecule has 10 heteroatoms. The number of aromatic nitrogens is 6. The second-order valence-corrected chi connectivity index (χ2v) is 8.44. The maximum atomic E-state index is 13.1. The average molecular weight is 428 g/mol. The van der Waals surface area contributed by atoms with Gasteiger partial charge < -0.3 is 9.42 Å². The van der Waals surface area contributed by atoms with E-state index in [2.05, 4.69) is 15.4 Å². The molecule has 4 heterocycles. The van der Waals surface area contributed by atoms with Crippen LogP contribution in [0.15, 0.2) is 15.5 Å². The fourth-order valence-electron chi connectivity index (χ4n) is 4.30. The molecule has 1 amide bonds. The van der Waals surface area contributed by atoms with Crippen LogP contribution in [0.25, 0.3) is 0 Å². The Morgan fingerprint density at radius 1 is 1.23 bits per heavy atom. The van der Waals surface area contributed by atoms with Crippen molar-refractivity contribution in [2.24, 2.45) is 13.0 Å². The van der Waals surface area contributed by atoms with Gasteiger partial charge in [0.05, 0.1) is 17.9 Å². The number of aryl methyl sites for hydroxylation is 5. The summed E-state index contributed by atoms with van der Waals surface area (Å²) in [6, 6.07) is 0. The molecule has 0 fully saturated rings. The van der Waals surface area contributed by atoms with E-state index >= 15 is 0 Å². The Labute approximate surface area is 180 Å². The number of hydrogen-bond donors (Lipinski definition) is 0. The van der Waals surface area contributed by atoms with E-state index in [9.17, 15) is 9.59 Å². The Balaban J connectivity index is 1.44. The van der Waals surface area contributed by atoms with E-state index in [1.165, 1.54) is 4.68 Å². The van der Waals surface area contributed by atoms with Crippen molar-refractivity contribution in [3.63, 3.8) is 0 Å². The van der Waals surface area contributed by atoms with Gasteiger partial charge in [-0.3, -0.25) is 14.0 Å². The molecular formula is C21H29N7O3. The van der Waals surface area contributed by atoms with Crippen LogP contribution in [0.5, 0.6) is 0 Å². The Hall–Kier alpha value is -3.17. The fraction of sp³-hybridized carbons (Fsp3) is 0.571. The molecule has 10 nitrogen and oxygen atoms in total. The molecule has 1 unspecified atom stereocenters. The maximum absolute atomic E-state index is 13.1. The van der Waals surface area contributed by atoms with Crippen molar-refractivity contribution in [3.05, 3.63) is 50.8 Å². The highest BCUT2D eigenvalue weighted by Crippen LogP contribution is 2.22. The summed E-state index contributed by atoms with van der Waals surface area (Å²) >= 11 is 0. The molecule has 1 atom stereocenters. The molecule has 31 heavy (non-hydrogen) atoms. The minimum atomic E-state index is -0.151. The number of hydrogen-bond acceptors (Lipinski definition) is 6. The first-order valence-electron chi connectivity index (χ1n) is 10.6. The van der Waals surface area contributed by atoms with Crippen molar-refractivity contribution < 1.29 is 9.32 Å². The highest BCUT2D eigenvalue weighted by Gasteiger charge is 2.28. The largest absolute Gasteiger partial charge is 0.361 e. The molecule has 166 valence electrons. The fourth-order valence-corrected chi connectivity index (χ4v) is 4.30. The summed E-state index contributed by atoms with van der Waals surface area (Å²) < 4.78 is 10.1. The van der Waals surface area contributed by atoms with Crippen LogP contribution in [0.2, 0.25) is 0 Å². The van der Waals surface area contributed by atoms with Gasteiger partial charge in [-0.15, -0.1) is 0 Å². The minimum Gasteiger partial charge on any atom is -0.361 e. The van der Waals surface area contributed by atoms with E-state index in [4.69, 9.17) is 4.52 Å². The van der Waals surface area contributed by atoms with Gasteiger partial charge in [0, 0.05) is 56.8 Å². The van der Waals surface area contributed by atoms with Crippen molar-refractivity contribution in [1.29, 1.82) is 0 Å². The molecule has 3 aromatic rings. The van der Waals surface area contributed by atoms with Crippen LogP contribution >= 0.6 is 0 Å². The third-order valence-electron chi connectivity index (χ3n) is 6.15. The number of carbonyl (C=O) groups is 1. The van der Waals surface area contributed by atoms with Gasteiger partial charge in [-0.05, 0) is 33.6 Å². The second-order valence-electron chi connectivity index (χ2n) is 8.44. The molecule has 0 saturated heterocycles. The Bertz CT molecular complexity index is 1150. The summed E-state index contributed by atoms with van der Waals surface area (Å²) in [5.41, 5.74) is 3.48. The van der Waals surface area contributed by atoms with Gasteiger partial charge in [0.15, 0.2) is 0 Å². The van der Waals surface area contributed by atoms with Crippen LogP contribution in [0.3, 0.4) is 0 Å². The van der Waals surface area contributed by atoms with E-state index in [0.29, 0.717) is 44.7 Å². The predicted molar refractivity (Wildman–Crippen MR) is 112 cm³/mol. The van der Waals surface area contributed by atoms with Gasteiger partial charge in [0.2, 0.25) is 5.91 Å². The number of carbonyl (C=O) groups excluding carboxylic acids is 1. The van der Waals surface area contributed by atoms with Crippen molar-refractivity contribution >= 4 is 5.91 Å². The Morgan fingerprint density at radius 2 is 2.00 bits per heavy atom. The lowest BCUT2D eigenvalue weighted by Crippen LogP contribution is -2.33. The minimum absolute atomic E-state index is 0.102. The average Bonchev–Trinajstić information content (AvgIpc) is 3.25. The van der Waals surface area contributed by atoms with Gasteiger partial charge in [0.25, 0.3) is 0 Å². The van der Waals surface area contributed by atoms with Gasteiger partial charge in [-0.25, -0.2) is 9.48 Å². The summed E-state index contributed by atoms with van der Waals surface area (Å²) in [6.07, 6.45) is 3.85. The van der Waals surface area contributed by atoms with Crippen LogP contribution in [0.4, 0.5) is 0 Å². The highest BCUT2D eigenvalue weighted by atomic mass is 16.5. The molecule has 3 aromatic heterocycles. The van der Waals surface area contributed by atoms with Crippen LogP contribution in [0.1, 0.15) is 46.9 Å². The van der Waals surface area contributed by atoms with Crippen molar-refractivity contribution in [3.8, 4) is 0 Å². The predicted octanol–water partition coefficient (Wildman–Crippen LogP) is 1.35. The standard InChI is InChI=1S/C21H29N7O3/c1-13-17(11-26(5)22-13)10-25(4)20(29)16-6-7-19-23-28(21(30)27(19)9-8-16)12-18-14(2)24-31-15(18)3/h11,16H,6-10,12H2,1-5H3. The van der Waals surface area contributed by atoms with E-state index in [1.54, 1.807) is 14.1 Å². The van der Waals surface area contributed by atoms with Gasteiger partial charge in [-0.2, -0.15) is 10.2 Å². The van der Waals surface area contributed by atoms with E-state index in [-0.39, 0.29) is 17.5 Å². The lowest BCUT2D eigenvalue weighted by molar-refractivity contribution is -0.135. The molecule has 1 aliphatic rings. The van der Waals surface area contributed by atoms with Gasteiger partial charge in [0.1, 0.15) is 11.6 Å². The SMILES string of the molecule is Cc1nn(C)cc1CN(C)C(=O)C1CCc2nn(Cc3c(C)noc3C)c(=O)n2CC1. The van der Waals surface area contributed by atoms with Crippen LogP contribution in [-0.2, 0) is 37.9 Å². The first kappa shape index (κ1) is 21.1. The first-order chi connectivity index (χ1) is 14.7. The monoisotopic (exact) mass is 427 g/mol. The molecule has 0 N–H and O–H groups in total. The molecule has 0 aromatic carbocycles. The van der Waals surface area contributed by atoms with Crippen LogP contribution in [0, 0.1) is 26.7 Å². The van der Waals surface area contributed by atoms with Crippen molar-refractivity contribution in [2.45, 2.75) is 59.7 Å². The summed E-state index contributed by atoms with van der Waals surface area (Å²) in [5.74, 6) is 1.41. The van der Waals surface area contributed by atoms with Crippen molar-refractivity contribution in [2.75, 3.05) is 7.05 Å². The zero-order valence-electron chi connectivity index (χ0n) is 18.8. The van der Waals surface area contributed by atoms with Gasteiger partial charge >= 0.3 is 5.69 Å². The molecule has 0 aliphatic carbocycles. The quantitative estimate of drug-likeness (QED) is 0.609. The summed E-state index contributed by atoms with van der Waals surface area (Å²) in [7, 11) is 3.71. The van der Waals surface area contributed by atoms with E-state index < -0.39 is 0 Å². The van der Waals surface area contributed by atoms with Crippen LogP contribution < -0.4 is 5.69 Å². The van der Waals surface area contributed by atoms with Crippen molar-refractivity contribution in [1.82, 2.24) is 34.2 Å². The number of amides is 1. The number of fused-ring (bicyclic) bond motifs is 1. The number of rotatable bonds is 5. The molecule has 0 bridgehead atoms. The Morgan fingerprint density at radius 3 is 2.65 bits per heavy atom. The third kappa shape index (κ3) is 4.06. The topological polar surface area (TPSA) is 104 Å². The molecule has 0 saturated carbocycles. The molecule has 0 spiro atoms. The lowest BCUT2D eigenvalue weighted by atomic mass is 9.98. The smallest absolute Gasteiger partial charge is 0.346 e. The zero-order chi connectivity index (χ0) is 22.3. The second kappa shape index (κ2) is 8.16. The lowest BCUT2D eigenvalue weighted by Gasteiger charge is -2.22. The highest BCUT2D eigenvalue weighted by molar-refractivity contribution is 5.78.